The predicted octanol–water partition coefficient (Wildman–Crippen LogP) is 5.90. The quantitative estimate of drug-likeness (QED) is 0.314. The van der Waals surface area contributed by atoms with Crippen LogP contribution in [0.3, 0.4) is 0 Å². The number of hydrogen-bond acceptors (Lipinski definition) is 0. The summed E-state index contributed by atoms with van der Waals surface area (Å²) in [6.45, 7) is 5.45. The van der Waals surface area contributed by atoms with E-state index in [0.29, 0.717) is 6.04 Å². The van der Waals surface area contributed by atoms with Gasteiger partial charge in [0.15, 0.2) is 0 Å². The Kier molecular flexibility index (Phi) is 35.5. The molecule has 0 heterocycles. The number of allylic oxidation sites excluding steroid dienone is 4. The maximum Gasteiger partial charge on any atom is 4.00 e. The van der Waals surface area contributed by atoms with Crippen molar-refractivity contribution in [3.63, 3.8) is 0 Å². The molecule has 0 radical (unpaired) electrons. The summed E-state index contributed by atoms with van der Waals surface area (Å²) in [5.74, 6) is 0. The smallest absolute Gasteiger partial charge is 0.668 e. The van der Waals surface area contributed by atoms with Crippen molar-refractivity contribution in [3.05, 3.63) is 47.2 Å². The fourth-order valence-electron chi connectivity index (χ4n) is 1.58. The molecule has 0 aromatic heterocycles. The van der Waals surface area contributed by atoms with Crippen molar-refractivity contribution in [2.24, 2.45) is 0 Å². The van der Waals surface area contributed by atoms with Gasteiger partial charge in [0.25, 0.3) is 0 Å². The number of unbranched alkanes of at least 4 members (excludes halogenated alkanes) is 1. The Balaban J connectivity index is -0.000000176. The average Bonchev–Trinajstić information content (AvgIpc) is 2.93. The zero-order valence-corrected chi connectivity index (χ0v) is 17.5. The summed E-state index contributed by atoms with van der Waals surface area (Å²) in [5, 5.41) is 11.6. The van der Waals surface area contributed by atoms with Crippen molar-refractivity contribution in [1.82, 2.24) is 0 Å². The van der Waals surface area contributed by atoms with Gasteiger partial charge in [-0.1, -0.05) is 56.9 Å². The fraction of sp³-hybridized carbons (Fsp3) is 0.722. The van der Waals surface area contributed by atoms with Crippen LogP contribution in [0.15, 0.2) is 23.8 Å². The third-order valence-electron chi connectivity index (χ3n) is 2.79. The van der Waals surface area contributed by atoms with Crippen LogP contribution in [0.1, 0.15) is 46.0 Å². The second kappa shape index (κ2) is 26.0. The summed E-state index contributed by atoms with van der Waals surface area (Å²) in [4.78, 5) is 0. The molecule has 0 N–H and O–H groups in total. The Labute approximate surface area is 155 Å². The SMILES string of the molecule is CCC(C)[N-]CCCCC1=CC=CC1.C[N-]C.C[N-]C.[CH3-].[Ti+4]. The van der Waals surface area contributed by atoms with Crippen molar-refractivity contribution < 1.29 is 21.7 Å². The van der Waals surface area contributed by atoms with Crippen LogP contribution in [0.25, 0.3) is 16.0 Å². The fourth-order valence-corrected chi connectivity index (χ4v) is 1.58. The van der Waals surface area contributed by atoms with Crippen LogP contribution >= 0.6 is 0 Å². The Morgan fingerprint density at radius 2 is 1.64 bits per heavy atom. The molecular weight excluding hydrogens is 306 g/mol. The Hall–Kier alpha value is 0.0743. The zero-order valence-electron chi connectivity index (χ0n) is 15.9. The van der Waals surface area contributed by atoms with Crippen LogP contribution in [0, 0.1) is 7.43 Å². The third-order valence-corrected chi connectivity index (χ3v) is 2.79. The van der Waals surface area contributed by atoms with E-state index in [-0.39, 0.29) is 29.1 Å². The standard InChI is InChI=1S/C13H22N.2C2H6N.CH3.Ti/c1-3-12(2)14-11-7-6-10-13-8-4-5-9-13;2*1-3-2;;/h4-5,8,12H,3,6-7,9-11H2,1-2H3;2*1-2H3;1H3;/q4*-1;+4. The van der Waals surface area contributed by atoms with Gasteiger partial charge >= 0.3 is 21.7 Å². The van der Waals surface area contributed by atoms with E-state index in [0.717, 1.165) is 6.54 Å². The Bertz CT molecular complexity index is 238. The minimum absolute atomic E-state index is 0. The first-order valence-electron chi connectivity index (χ1n) is 7.63. The molecule has 3 nitrogen and oxygen atoms in total. The van der Waals surface area contributed by atoms with Gasteiger partial charge in [-0.3, -0.25) is 0 Å². The summed E-state index contributed by atoms with van der Waals surface area (Å²) in [6, 6.07) is 0.558. The number of rotatable bonds is 7. The molecule has 1 rings (SSSR count). The van der Waals surface area contributed by atoms with Crippen molar-refractivity contribution >= 4 is 0 Å². The molecule has 0 aliphatic heterocycles. The van der Waals surface area contributed by atoms with Gasteiger partial charge in [0.2, 0.25) is 0 Å². The molecular formula is C18H37N3Ti. The summed E-state index contributed by atoms with van der Waals surface area (Å²) < 4.78 is 0. The minimum Gasteiger partial charge on any atom is -0.668 e. The van der Waals surface area contributed by atoms with Gasteiger partial charge in [-0.05, 0) is 12.8 Å². The molecule has 0 spiro atoms. The molecule has 1 aliphatic carbocycles. The molecule has 1 aliphatic rings. The van der Waals surface area contributed by atoms with Crippen LogP contribution in [0.2, 0.25) is 0 Å². The van der Waals surface area contributed by atoms with E-state index < -0.39 is 0 Å². The van der Waals surface area contributed by atoms with Crippen LogP contribution in [-0.4, -0.2) is 40.8 Å². The molecule has 128 valence electrons. The minimum atomic E-state index is 0. The van der Waals surface area contributed by atoms with Gasteiger partial charge in [-0.15, -0.1) is 12.6 Å². The van der Waals surface area contributed by atoms with Gasteiger partial charge in [-0.25, -0.2) is 0 Å². The molecule has 1 unspecified atom stereocenters. The van der Waals surface area contributed by atoms with E-state index in [2.05, 4.69) is 48.0 Å². The van der Waals surface area contributed by atoms with E-state index >= 15 is 0 Å². The van der Waals surface area contributed by atoms with Crippen LogP contribution in [0.4, 0.5) is 0 Å². The zero-order chi connectivity index (χ0) is 15.6. The molecule has 1 atom stereocenters. The van der Waals surface area contributed by atoms with Gasteiger partial charge in [0, 0.05) is 0 Å². The van der Waals surface area contributed by atoms with E-state index in [1.165, 1.54) is 32.1 Å². The topological polar surface area (TPSA) is 42.3 Å². The first-order chi connectivity index (χ1) is 9.65. The van der Waals surface area contributed by atoms with E-state index in [4.69, 9.17) is 0 Å². The molecule has 0 amide bonds. The maximum atomic E-state index is 4.57. The molecule has 0 saturated heterocycles. The molecule has 4 heteroatoms. The largest absolute Gasteiger partial charge is 4.00 e. The number of nitrogens with zero attached hydrogens (tertiary/aromatic N) is 3. The maximum absolute atomic E-state index is 4.57. The van der Waals surface area contributed by atoms with E-state index in [1.54, 1.807) is 33.8 Å². The van der Waals surface area contributed by atoms with E-state index in [1.807, 2.05) is 0 Å². The van der Waals surface area contributed by atoms with Gasteiger partial charge in [0.1, 0.15) is 0 Å². The second-order valence-electron chi connectivity index (χ2n) is 4.97. The van der Waals surface area contributed by atoms with Gasteiger partial charge in [-0.2, -0.15) is 28.2 Å². The van der Waals surface area contributed by atoms with Crippen LogP contribution in [0.5, 0.6) is 0 Å². The normalized spacial score (nSPS) is 12.5. The van der Waals surface area contributed by atoms with Crippen molar-refractivity contribution in [2.45, 2.75) is 52.0 Å². The predicted molar refractivity (Wildman–Crippen MR) is 100 cm³/mol. The third kappa shape index (κ3) is 25.1. The molecule has 0 aromatic carbocycles. The van der Waals surface area contributed by atoms with Crippen molar-refractivity contribution in [1.29, 1.82) is 0 Å². The summed E-state index contributed by atoms with van der Waals surface area (Å²) >= 11 is 0. The Morgan fingerprint density at radius 1 is 1.09 bits per heavy atom. The van der Waals surface area contributed by atoms with Crippen LogP contribution < -0.4 is 0 Å². The molecule has 22 heavy (non-hydrogen) atoms. The molecule has 0 aromatic rings. The summed E-state index contributed by atoms with van der Waals surface area (Å²) in [5.41, 5.74) is 1.59. The monoisotopic (exact) mass is 343 g/mol. The molecule has 0 bridgehead atoms. The average molecular weight is 343 g/mol. The van der Waals surface area contributed by atoms with Crippen molar-refractivity contribution in [2.75, 3.05) is 34.7 Å². The van der Waals surface area contributed by atoms with E-state index in [9.17, 15) is 0 Å². The van der Waals surface area contributed by atoms with Gasteiger partial charge in [0.05, 0.1) is 0 Å². The number of hydrogen-bond donors (Lipinski definition) is 0. The Morgan fingerprint density at radius 3 is 2.05 bits per heavy atom. The van der Waals surface area contributed by atoms with Crippen LogP contribution in [-0.2, 0) is 21.7 Å². The first-order valence-corrected chi connectivity index (χ1v) is 7.63. The first kappa shape index (κ1) is 30.0. The summed E-state index contributed by atoms with van der Waals surface area (Å²) in [6.07, 6.45) is 12.8. The molecule has 0 saturated carbocycles. The second-order valence-corrected chi connectivity index (χ2v) is 4.97. The summed E-state index contributed by atoms with van der Waals surface area (Å²) in [7, 11) is 7.00. The molecule has 0 fully saturated rings. The van der Waals surface area contributed by atoms with Crippen molar-refractivity contribution in [3.8, 4) is 0 Å². The van der Waals surface area contributed by atoms with Gasteiger partial charge < -0.3 is 23.4 Å².